The standard InChI is InChI=1S/C15H22N4O/c1-5-19-14(11(2)16)10-17-15(19)20-13-8-6-7-12(9-13)18(3)4/h6-11H,5,16H2,1-4H3. The summed E-state index contributed by atoms with van der Waals surface area (Å²) in [6.07, 6.45) is 1.78. The molecule has 2 rings (SSSR count). The number of anilines is 1. The number of benzene rings is 1. The zero-order valence-electron chi connectivity index (χ0n) is 12.5. The van der Waals surface area contributed by atoms with Crippen LogP contribution in [0.2, 0.25) is 0 Å². The minimum absolute atomic E-state index is 0.0621. The largest absolute Gasteiger partial charge is 0.425 e. The van der Waals surface area contributed by atoms with Crippen molar-refractivity contribution in [2.75, 3.05) is 19.0 Å². The van der Waals surface area contributed by atoms with E-state index in [1.54, 1.807) is 6.20 Å². The summed E-state index contributed by atoms with van der Waals surface area (Å²) >= 11 is 0. The molecule has 0 saturated heterocycles. The van der Waals surface area contributed by atoms with Crippen LogP contribution >= 0.6 is 0 Å². The van der Waals surface area contributed by atoms with Crippen molar-refractivity contribution in [2.24, 2.45) is 5.73 Å². The van der Waals surface area contributed by atoms with Crippen LogP contribution in [0.4, 0.5) is 5.69 Å². The van der Waals surface area contributed by atoms with Crippen LogP contribution in [0.1, 0.15) is 25.6 Å². The van der Waals surface area contributed by atoms with Gasteiger partial charge in [0.05, 0.1) is 11.9 Å². The van der Waals surface area contributed by atoms with Gasteiger partial charge in [-0.25, -0.2) is 4.98 Å². The van der Waals surface area contributed by atoms with Gasteiger partial charge in [0.15, 0.2) is 0 Å². The maximum Gasteiger partial charge on any atom is 0.302 e. The molecule has 2 aromatic rings. The first-order chi connectivity index (χ1) is 9.52. The maximum absolute atomic E-state index is 5.94. The van der Waals surface area contributed by atoms with E-state index in [0.29, 0.717) is 6.01 Å². The minimum atomic E-state index is -0.0621. The van der Waals surface area contributed by atoms with Crippen molar-refractivity contribution >= 4 is 5.69 Å². The highest BCUT2D eigenvalue weighted by Crippen LogP contribution is 2.26. The lowest BCUT2D eigenvalue weighted by molar-refractivity contribution is 0.409. The Morgan fingerprint density at radius 1 is 1.40 bits per heavy atom. The van der Waals surface area contributed by atoms with Gasteiger partial charge in [-0.05, 0) is 26.0 Å². The van der Waals surface area contributed by atoms with E-state index >= 15 is 0 Å². The third-order valence-corrected chi connectivity index (χ3v) is 3.18. The van der Waals surface area contributed by atoms with Gasteiger partial charge in [-0.1, -0.05) is 6.07 Å². The minimum Gasteiger partial charge on any atom is -0.425 e. The molecule has 0 bridgehead atoms. The van der Waals surface area contributed by atoms with E-state index in [0.717, 1.165) is 23.7 Å². The van der Waals surface area contributed by atoms with E-state index in [9.17, 15) is 0 Å². The summed E-state index contributed by atoms with van der Waals surface area (Å²) in [5, 5.41) is 0. The molecule has 1 atom stereocenters. The second-order valence-corrected chi connectivity index (χ2v) is 4.99. The van der Waals surface area contributed by atoms with E-state index in [1.165, 1.54) is 0 Å². The predicted octanol–water partition coefficient (Wildman–Crippen LogP) is 2.78. The van der Waals surface area contributed by atoms with Gasteiger partial charge >= 0.3 is 6.01 Å². The summed E-state index contributed by atoms with van der Waals surface area (Å²) in [6, 6.07) is 8.43. The van der Waals surface area contributed by atoms with Crippen LogP contribution < -0.4 is 15.4 Å². The van der Waals surface area contributed by atoms with Crippen LogP contribution in [0.25, 0.3) is 0 Å². The molecule has 108 valence electrons. The molecule has 0 aliphatic rings. The van der Waals surface area contributed by atoms with Crippen LogP contribution in [0, 0.1) is 0 Å². The lowest BCUT2D eigenvalue weighted by Gasteiger charge is -2.15. The van der Waals surface area contributed by atoms with Crippen LogP contribution in [0.3, 0.4) is 0 Å². The Hall–Kier alpha value is -2.01. The molecule has 1 unspecified atom stereocenters. The molecule has 1 aromatic carbocycles. The summed E-state index contributed by atoms with van der Waals surface area (Å²) in [4.78, 5) is 6.36. The van der Waals surface area contributed by atoms with Crippen LogP contribution in [0.5, 0.6) is 11.8 Å². The molecule has 1 aromatic heterocycles. The third-order valence-electron chi connectivity index (χ3n) is 3.18. The SMILES string of the molecule is CCn1c(C(C)N)cnc1Oc1cccc(N(C)C)c1. The molecule has 0 spiro atoms. The molecule has 1 heterocycles. The summed E-state index contributed by atoms with van der Waals surface area (Å²) in [5.41, 5.74) is 8.00. The number of aromatic nitrogens is 2. The van der Waals surface area contributed by atoms with Gasteiger partial charge in [-0.15, -0.1) is 0 Å². The first-order valence-corrected chi connectivity index (χ1v) is 6.79. The van der Waals surface area contributed by atoms with Gasteiger partial charge < -0.3 is 15.4 Å². The third kappa shape index (κ3) is 2.93. The Balaban J connectivity index is 2.28. The fourth-order valence-electron chi connectivity index (χ4n) is 2.06. The molecule has 0 amide bonds. The average molecular weight is 274 g/mol. The van der Waals surface area contributed by atoms with Crippen molar-refractivity contribution in [2.45, 2.75) is 26.4 Å². The molecular formula is C15H22N4O. The van der Waals surface area contributed by atoms with Crippen molar-refractivity contribution in [3.63, 3.8) is 0 Å². The number of hydrogen-bond donors (Lipinski definition) is 1. The number of ether oxygens (including phenoxy) is 1. The second kappa shape index (κ2) is 5.96. The molecule has 5 heteroatoms. The number of hydrogen-bond acceptors (Lipinski definition) is 4. The van der Waals surface area contributed by atoms with Crippen molar-refractivity contribution in [1.29, 1.82) is 0 Å². The molecule has 20 heavy (non-hydrogen) atoms. The molecule has 0 fully saturated rings. The van der Waals surface area contributed by atoms with Crippen molar-refractivity contribution in [3.8, 4) is 11.8 Å². The monoisotopic (exact) mass is 274 g/mol. The Morgan fingerprint density at radius 2 is 2.15 bits per heavy atom. The van der Waals surface area contributed by atoms with Gasteiger partial charge in [0.1, 0.15) is 5.75 Å². The fourth-order valence-corrected chi connectivity index (χ4v) is 2.06. The molecule has 0 aliphatic carbocycles. The van der Waals surface area contributed by atoms with E-state index in [1.807, 2.05) is 54.8 Å². The highest BCUT2D eigenvalue weighted by molar-refractivity contribution is 5.49. The molecule has 0 radical (unpaired) electrons. The zero-order valence-corrected chi connectivity index (χ0v) is 12.5. The molecule has 0 saturated carbocycles. The number of nitrogens with two attached hydrogens (primary N) is 1. The van der Waals surface area contributed by atoms with E-state index in [4.69, 9.17) is 10.5 Å². The molecule has 5 nitrogen and oxygen atoms in total. The van der Waals surface area contributed by atoms with Gasteiger partial charge in [0, 0.05) is 38.4 Å². The highest BCUT2D eigenvalue weighted by atomic mass is 16.5. The Morgan fingerprint density at radius 3 is 2.75 bits per heavy atom. The Labute approximate surface area is 120 Å². The predicted molar refractivity (Wildman–Crippen MR) is 81.3 cm³/mol. The molecule has 2 N–H and O–H groups in total. The summed E-state index contributed by atoms with van der Waals surface area (Å²) in [6.45, 7) is 4.77. The lowest BCUT2D eigenvalue weighted by atomic mass is 10.3. The van der Waals surface area contributed by atoms with Crippen LogP contribution in [0.15, 0.2) is 30.5 Å². The van der Waals surface area contributed by atoms with E-state index < -0.39 is 0 Å². The van der Waals surface area contributed by atoms with Crippen LogP contribution in [-0.2, 0) is 6.54 Å². The topological polar surface area (TPSA) is 56.3 Å². The second-order valence-electron chi connectivity index (χ2n) is 4.99. The zero-order chi connectivity index (χ0) is 14.7. The van der Waals surface area contributed by atoms with Crippen molar-refractivity contribution in [1.82, 2.24) is 9.55 Å². The van der Waals surface area contributed by atoms with Gasteiger partial charge in [-0.2, -0.15) is 0 Å². The van der Waals surface area contributed by atoms with Crippen LogP contribution in [-0.4, -0.2) is 23.6 Å². The molecular weight excluding hydrogens is 252 g/mol. The average Bonchev–Trinajstić information content (AvgIpc) is 2.82. The Bertz CT molecular complexity index is 575. The van der Waals surface area contributed by atoms with Gasteiger partial charge in [0.25, 0.3) is 0 Å². The summed E-state index contributed by atoms with van der Waals surface area (Å²) in [7, 11) is 4.00. The number of rotatable bonds is 5. The summed E-state index contributed by atoms with van der Waals surface area (Å²) in [5.74, 6) is 0.771. The van der Waals surface area contributed by atoms with Gasteiger partial charge in [-0.3, -0.25) is 4.57 Å². The first-order valence-electron chi connectivity index (χ1n) is 6.79. The normalized spacial score (nSPS) is 12.2. The van der Waals surface area contributed by atoms with Crippen molar-refractivity contribution < 1.29 is 4.74 Å². The highest BCUT2D eigenvalue weighted by Gasteiger charge is 2.13. The van der Waals surface area contributed by atoms with E-state index in [-0.39, 0.29) is 6.04 Å². The van der Waals surface area contributed by atoms with E-state index in [2.05, 4.69) is 11.9 Å². The number of imidazole rings is 1. The quantitative estimate of drug-likeness (QED) is 0.911. The van der Waals surface area contributed by atoms with Crippen molar-refractivity contribution in [3.05, 3.63) is 36.2 Å². The summed E-state index contributed by atoms with van der Waals surface area (Å²) < 4.78 is 7.88. The fraction of sp³-hybridized carbons (Fsp3) is 0.400. The first kappa shape index (κ1) is 14.4. The lowest BCUT2D eigenvalue weighted by Crippen LogP contribution is -2.12. The maximum atomic E-state index is 5.94. The molecule has 0 aliphatic heterocycles. The smallest absolute Gasteiger partial charge is 0.302 e. The Kier molecular flexibility index (Phi) is 4.29. The van der Waals surface area contributed by atoms with Gasteiger partial charge in [0.2, 0.25) is 0 Å². The number of nitrogens with zero attached hydrogens (tertiary/aromatic N) is 3.